The van der Waals surface area contributed by atoms with Crippen LogP contribution in [0, 0.1) is 6.92 Å². The highest BCUT2D eigenvalue weighted by atomic mass is 16.5. The lowest BCUT2D eigenvalue weighted by Gasteiger charge is -2.14. The van der Waals surface area contributed by atoms with Crippen LogP contribution in [0.5, 0.6) is 11.5 Å². The molecular weight excluding hydrogens is 242 g/mol. The first kappa shape index (κ1) is 13.4. The summed E-state index contributed by atoms with van der Waals surface area (Å²) in [5, 5.41) is 10.4. The van der Waals surface area contributed by atoms with Crippen LogP contribution in [0.4, 0.5) is 0 Å². The van der Waals surface area contributed by atoms with E-state index in [2.05, 4.69) is 4.98 Å². The third-order valence-electron chi connectivity index (χ3n) is 2.94. The molecule has 2 aromatic rings. The maximum atomic E-state index is 10.4. The number of methoxy groups -OCH3 is 2. The maximum Gasteiger partial charge on any atom is 0.161 e. The van der Waals surface area contributed by atoms with Crippen molar-refractivity contribution < 1.29 is 14.6 Å². The van der Waals surface area contributed by atoms with Gasteiger partial charge in [-0.2, -0.15) is 0 Å². The van der Waals surface area contributed by atoms with E-state index in [1.807, 2.05) is 19.1 Å². The van der Waals surface area contributed by atoms with Crippen molar-refractivity contribution in [2.24, 2.45) is 0 Å². The minimum atomic E-state index is -0.729. The zero-order chi connectivity index (χ0) is 13.8. The molecule has 0 radical (unpaired) electrons. The third-order valence-corrected chi connectivity index (χ3v) is 2.94. The molecule has 2 rings (SSSR count). The molecule has 0 saturated heterocycles. The van der Waals surface area contributed by atoms with Crippen LogP contribution in [0.25, 0.3) is 0 Å². The molecule has 0 aliphatic rings. The summed E-state index contributed by atoms with van der Waals surface area (Å²) in [7, 11) is 3.15. The number of aliphatic hydroxyl groups is 1. The van der Waals surface area contributed by atoms with Crippen molar-refractivity contribution >= 4 is 0 Å². The fourth-order valence-corrected chi connectivity index (χ4v) is 1.94. The lowest BCUT2D eigenvalue weighted by molar-refractivity contribution is 0.219. The molecule has 100 valence electrons. The van der Waals surface area contributed by atoms with Gasteiger partial charge in [-0.3, -0.25) is 4.98 Å². The van der Waals surface area contributed by atoms with Crippen molar-refractivity contribution in [1.82, 2.24) is 4.98 Å². The predicted octanol–water partition coefficient (Wildman–Crippen LogP) is 2.49. The van der Waals surface area contributed by atoms with Crippen LogP contribution in [0.1, 0.15) is 22.8 Å². The molecule has 1 N–H and O–H groups in total. The number of ether oxygens (including phenoxy) is 2. The molecule has 1 atom stereocenters. The van der Waals surface area contributed by atoms with Crippen LogP contribution in [0.15, 0.2) is 36.7 Å². The van der Waals surface area contributed by atoms with Gasteiger partial charge in [0.1, 0.15) is 6.10 Å². The number of hydrogen-bond acceptors (Lipinski definition) is 4. The number of nitrogens with zero attached hydrogens (tertiary/aromatic N) is 1. The fourth-order valence-electron chi connectivity index (χ4n) is 1.94. The van der Waals surface area contributed by atoms with Gasteiger partial charge in [-0.05, 0) is 30.2 Å². The summed E-state index contributed by atoms with van der Waals surface area (Å²) in [5.41, 5.74) is 2.51. The van der Waals surface area contributed by atoms with Crippen LogP contribution in [-0.2, 0) is 0 Å². The Morgan fingerprint density at radius 2 is 1.74 bits per heavy atom. The highest BCUT2D eigenvalue weighted by molar-refractivity contribution is 5.45. The van der Waals surface area contributed by atoms with Gasteiger partial charge in [0.25, 0.3) is 0 Å². The Morgan fingerprint density at radius 3 is 2.37 bits per heavy atom. The Balaban J connectivity index is 2.36. The summed E-state index contributed by atoms with van der Waals surface area (Å²) in [6.45, 7) is 1.94. The summed E-state index contributed by atoms with van der Waals surface area (Å²) in [6, 6.07) is 7.27. The van der Waals surface area contributed by atoms with E-state index in [1.54, 1.807) is 38.7 Å². The van der Waals surface area contributed by atoms with Gasteiger partial charge in [0.15, 0.2) is 11.5 Å². The lowest BCUT2D eigenvalue weighted by Crippen LogP contribution is -2.02. The number of pyridine rings is 1. The number of aromatic nitrogens is 1. The number of rotatable bonds is 4. The van der Waals surface area contributed by atoms with Crippen LogP contribution >= 0.6 is 0 Å². The van der Waals surface area contributed by atoms with E-state index >= 15 is 0 Å². The van der Waals surface area contributed by atoms with Gasteiger partial charge in [-0.1, -0.05) is 12.1 Å². The smallest absolute Gasteiger partial charge is 0.161 e. The van der Waals surface area contributed by atoms with Crippen molar-refractivity contribution in [2.75, 3.05) is 14.2 Å². The molecule has 0 bridgehead atoms. The van der Waals surface area contributed by atoms with Crippen LogP contribution in [-0.4, -0.2) is 24.3 Å². The minimum Gasteiger partial charge on any atom is -0.493 e. The zero-order valence-electron chi connectivity index (χ0n) is 11.3. The number of benzene rings is 1. The van der Waals surface area contributed by atoms with Gasteiger partial charge in [0.2, 0.25) is 0 Å². The summed E-state index contributed by atoms with van der Waals surface area (Å²) in [5.74, 6) is 1.24. The molecule has 4 heteroatoms. The van der Waals surface area contributed by atoms with E-state index < -0.39 is 6.10 Å². The SMILES string of the molecule is COc1ccc(C(O)c2cncc(C)c2)cc1OC. The Bertz CT molecular complexity index is 569. The van der Waals surface area contributed by atoms with Gasteiger partial charge in [-0.25, -0.2) is 0 Å². The summed E-state index contributed by atoms with van der Waals surface area (Å²) >= 11 is 0. The van der Waals surface area contributed by atoms with E-state index in [1.165, 1.54) is 0 Å². The standard InChI is InChI=1S/C15H17NO3/c1-10-6-12(9-16-8-10)15(17)11-4-5-13(18-2)14(7-11)19-3/h4-9,15,17H,1-3H3. The number of aliphatic hydroxyl groups excluding tert-OH is 1. The first-order valence-corrected chi connectivity index (χ1v) is 5.97. The normalized spacial score (nSPS) is 12.0. The maximum absolute atomic E-state index is 10.4. The van der Waals surface area contributed by atoms with Crippen molar-refractivity contribution in [2.45, 2.75) is 13.0 Å². The zero-order valence-corrected chi connectivity index (χ0v) is 11.3. The molecule has 1 aromatic carbocycles. The Hall–Kier alpha value is -2.07. The molecule has 0 aliphatic heterocycles. The third kappa shape index (κ3) is 2.85. The highest BCUT2D eigenvalue weighted by Crippen LogP contribution is 2.32. The molecule has 0 saturated carbocycles. The Kier molecular flexibility index (Phi) is 4.02. The molecule has 0 amide bonds. The second kappa shape index (κ2) is 5.71. The van der Waals surface area contributed by atoms with Gasteiger partial charge in [-0.15, -0.1) is 0 Å². The van der Waals surface area contributed by atoms with Crippen molar-refractivity contribution in [3.8, 4) is 11.5 Å². The Morgan fingerprint density at radius 1 is 1.00 bits per heavy atom. The second-order valence-electron chi connectivity index (χ2n) is 4.31. The molecule has 19 heavy (non-hydrogen) atoms. The molecule has 4 nitrogen and oxygen atoms in total. The topological polar surface area (TPSA) is 51.6 Å². The largest absolute Gasteiger partial charge is 0.493 e. The lowest BCUT2D eigenvalue weighted by atomic mass is 10.0. The van der Waals surface area contributed by atoms with Crippen LogP contribution in [0.2, 0.25) is 0 Å². The molecule has 1 aromatic heterocycles. The van der Waals surface area contributed by atoms with E-state index in [0.29, 0.717) is 11.5 Å². The fraction of sp³-hybridized carbons (Fsp3) is 0.267. The molecule has 1 heterocycles. The van der Waals surface area contributed by atoms with Crippen LogP contribution in [0.3, 0.4) is 0 Å². The van der Waals surface area contributed by atoms with Gasteiger partial charge in [0, 0.05) is 18.0 Å². The van der Waals surface area contributed by atoms with E-state index in [-0.39, 0.29) is 0 Å². The predicted molar refractivity (Wildman–Crippen MR) is 72.6 cm³/mol. The average molecular weight is 259 g/mol. The summed E-state index contributed by atoms with van der Waals surface area (Å²) in [4.78, 5) is 4.09. The highest BCUT2D eigenvalue weighted by Gasteiger charge is 2.14. The van der Waals surface area contributed by atoms with Gasteiger partial charge in [0.05, 0.1) is 14.2 Å². The van der Waals surface area contributed by atoms with Crippen molar-refractivity contribution in [1.29, 1.82) is 0 Å². The first-order valence-electron chi connectivity index (χ1n) is 5.97. The molecule has 1 unspecified atom stereocenters. The Labute approximate surface area is 112 Å². The summed E-state index contributed by atoms with van der Waals surface area (Å²) < 4.78 is 10.4. The van der Waals surface area contributed by atoms with Crippen molar-refractivity contribution in [3.63, 3.8) is 0 Å². The molecular formula is C15H17NO3. The van der Waals surface area contributed by atoms with E-state index in [9.17, 15) is 5.11 Å². The van der Waals surface area contributed by atoms with Crippen LogP contribution < -0.4 is 9.47 Å². The molecule has 0 aliphatic carbocycles. The number of hydrogen-bond donors (Lipinski definition) is 1. The monoisotopic (exact) mass is 259 g/mol. The van der Waals surface area contributed by atoms with E-state index in [0.717, 1.165) is 16.7 Å². The number of aryl methyl sites for hydroxylation is 1. The van der Waals surface area contributed by atoms with E-state index in [4.69, 9.17) is 9.47 Å². The summed E-state index contributed by atoms with van der Waals surface area (Å²) in [6.07, 6.45) is 2.69. The second-order valence-corrected chi connectivity index (χ2v) is 4.31. The molecule has 0 spiro atoms. The molecule has 0 fully saturated rings. The minimum absolute atomic E-state index is 0.597. The first-order chi connectivity index (χ1) is 9.15. The van der Waals surface area contributed by atoms with Gasteiger partial charge < -0.3 is 14.6 Å². The van der Waals surface area contributed by atoms with Gasteiger partial charge >= 0.3 is 0 Å². The quantitative estimate of drug-likeness (QED) is 0.916. The average Bonchev–Trinajstić information content (AvgIpc) is 2.45. The van der Waals surface area contributed by atoms with Crippen molar-refractivity contribution in [3.05, 3.63) is 53.3 Å².